The van der Waals surface area contributed by atoms with Gasteiger partial charge in [-0.1, -0.05) is 87.0 Å². The van der Waals surface area contributed by atoms with Gasteiger partial charge in [0.25, 0.3) is 0 Å². The number of pyridine rings is 1. The van der Waals surface area contributed by atoms with E-state index in [0.29, 0.717) is 5.15 Å². The molecule has 0 bridgehead atoms. The normalized spacial score (nSPS) is 11.6. The summed E-state index contributed by atoms with van der Waals surface area (Å²) in [5.74, 6) is 1.58. The minimum atomic E-state index is 0.161. The van der Waals surface area contributed by atoms with Crippen molar-refractivity contribution < 1.29 is 0 Å². The highest BCUT2D eigenvalue weighted by Gasteiger charge is 2.15. The van der Waals surface area contributed by atoms with Crippen LogP contribution in [0.2, 0.25) is 5.15 Å². The Bertz CT molecular complexity index is 1130. The Morgan fingerprint density at radius 3 is 2.37 bits per heavy atom. The summed E-state index contributed by atoms with van der Waals surface area (Å²) in [7, 11) is 0. The zero-order valence-electron chi connectivity index (χ0n) is 17.3. The van der Waals surface area contributed by atoms with Gasteiger partial charge in [-0.25, -0.2) is 9.97 Å². The average molecular weight is 434 g/mol. The molecule has 2 aromatic heterocycles. The number of nitrogens with one attached hydrogen (secondary N) is 1. The van der Waals surface area contributed by atoms with E-state index in [1.165, 1.54) is 11.1 Å². The quantitative estimate of drug-likeness (QED) is 0.263. The molecule has 0 aliphatic rings. The van der Waals surface area contributed by atoms with Crippen molar-refractivity contribution in [3.05, 3.63) is 89.2 Å². The molecular weight excluding hydrogens is 410 g/mol. The molecule has 0 aliphatic carbocycles. The number of thioether (sulfide) groups is 1. The van der Waals surface area contributed by atoms with E-state index in [9.17, 15) is 0 Å². The molecule has 0 atom stereocenters. The highest BCUT2D eigenvalue weighted by molar-refractivity contribution is 7.98. The van der Waals surface area contributed by atoms with Gasteiger partial charge in [-0.05, 0) is 34.2 Å². The van der Waals surface area contributed by atoms with E-state index in [2.05, 4.69) is 72.1 Å². The van der Waals surface area contributed by atoms with Crippen LogP contribution in [0.5, 0.6) is 0 Å². The number of hydrogen-bond donors (Lipinski definition) is 1. The first kappa shape index (κ1) is 20.7. The maximum absolute atomic E-state index is 6.21. The van der Waals surface area contributed by atoms with Crippen molar-refractivity contribution in [1.29, 1.82) is 0 Å². The molecule has 0 amide bonds. The number of nitrogens with zero attached hydrogens (tertiary/aromatic N) is 2. The van der Waals surface area contributed by atoms with Crippen molar-refractivity contribution in [2.75, 3.05) is 0 Å². The molecule has 0 saturated carbocycles. The number of hydrogen-bond acceptors (Lipinski definition) is 3. The van der Waals surface area contributed by atoms with Gasteiger partial charge in [0.05, 0.1) is 11.9 Å². The highest BCUT2D eigenvalue weighted by Crippen LogP contribution is 2.33. The number of rotatable bonds is 5. The van der Waals surface area contributed by atoms with E-state index in [0.717, 1.165) is 33.4 Å². The SMILES string of the molecule is CC(C)(C)c1ccc(CSc2ccc(Cl)nc2-c2ncc(-c3ccccc3)[nH]2)cc1. The first-order valence-corrected chi connectivity index (χ1v) is 11.3. The van der Waals surface area contributed by atoms with E-state index >= 15 is 0 Å². The fraction of sp³-hybridized carbons (Fsp3) is 0.200. The summed E-state index contributed by atoms with van der Waals surface area (Å²) < 4.78 is 0. The van der Waals surface area contributed by atoms with Crippen LogP contribution >= 0.6 is 23.4 Å². The molecule has 4 rings (SSSR count). The molecule has 0 unspecified atom stereocenters. The van der Waals surface area contributed by atoms with Gasteiger partial charge in [0.1, 0.15) is 10.8 Å². The topological polar surface area (TPSA) is 41.6 Å². The number of halogens is 1. The smallest absolute Gasteiger partial charge is 0.157 e. The molecule has 2 aromatic carbocycles. The third kappa shape index (κ3) is 4.77. The van der Waals surface area contributed by atoms with Crippen molar-refractivity contribution >= 4 is 23.4 Å². The number of aromatic amines is 1. The van der Waals surface area contributed by atoms with E-state index < -0.39 is 0 Å². The van der Waals surface area contributed by atoms with Crippen LogP contribution in [0.15, 0.2) is 77.8 Å². The zero-order chi connectivity index (χ0) is 21.1. The van der Waals surface area contributed by atoms with E-state index in [-0.39, 0.29) is 5.41 Å². The molecule has 152 valence electrons. The van der Waals surface area contributed by atoms with Crippen LogP contribution in [0.1, 0.15) is 31.9 Å². The van der Waals surface area contributed by atoms with E-state index in [4.69, 9.17) is 11.6 Å². The summed E-state index contributed by atoms with van der Waals surface area (Å²) in [6.45, 7) is 6.69. The molecular formula is C25H24ClN3S. The zero-order valence-corrected chi connectivity index (χ0v) is 18.9. The lowest BCUT2D eigenvalue weighted by Gasteiger charge is -2.19. The molecule has 30 heavy (non-hydrogen) atoms. The molecule has 4 aromatic rings. The van der Waals surface area contributed by atoms with Gasteiger partial charge < -0.3 is 4.98 Å². The van der Waals surface area contributed by atoms with Crippen molar-refractivity contribution in [2.45, 2.75) is 36.8 Å². The Labute approximate surface area is 187 Å². The molecule has 5 heteroatoms. The van der Waals surface area contributed by atoms with Gasteiger partial charge in [0.2, 0.25) is 0 Å². The molecule has 0 fully saturated rings. The summed E-state index contributed by atoms with van der Waals surface area (Å²) in [5.41, 5.74) is 5.61. The molecule has 0 saturated heterocycles. The minimum Gasteiger partial charge on any atom is -0.337 e. The van der Waals surface area contributed by atoms with E-state index in [1.54, 1.807) is 11.8 Å². The molecule has 0 aliphatic heterocycles. The fourth-order valence-electron chi connectivity index (χ4n) is 3.18. The lowest BCUT2D eigenvalue weighted by Crippen LogP contribution is -2.10. The number of aromatic nitrogens is 3. The minimum absolute atomic E-state index is 0.161. The van der Waals surface area contributed by atoms with Gasteiger partial charge in [-0.2, -0.15) is 0 Å². The van der Waals surface area contributed by atoms with E-state index in [1.807, 2.05) is 36.5 Å². The molecule has 3 nitrogen and oxygen atoms in total. The summed E-state index contributed by atoms with van der Waals surface area (Å²) >= 11 is 7.95. The summed E-state index contributed by atoms with van der Waals surface area (Å²) in [6, 6.07) is 22.8. The van der Waals surface area contributed by atoms with Crippen LogP contribution in [-0.2, 0) is 11.2 Å². The third-order valence-electron chi connectivity index (χ3n) is 4.92. The molecule has 0 radical (unpaired) electrons. The van der Waals surface area contributed by atoms with Gasteiger partial charge >= 0.3 is 0 Å². The highest BCUT2D eigenvalue weighted by atomic mass is 35.5. The Balaban J connectivity index is 1.56. The number of benzene rings is 2. The van der Waals surface area contributed by atoms with Crippen molar-refractivity contribution in [2.24, 2.45) is 0 Å². The Morgan fingerprint density at radius 1 is 0.933 bits per heavy atom. The standard InChI is InChI=1S/C25H24ClN3S/c1-25(2,3)19-11-9-17(10-12-19)16-30-21-13-14-22(26)29-23(21)24-27-15-20(28-24)18-7-5-4-6-8-18/h4-15H,16H2,1-3H3,(H,27,28). The number of imidazole rings is 1. The van der Waals surface area contributed by atoms with Gasteiger partial charge in [-0.15, -0.1) is 11.8 Å². The lowest BCUT2D eigenvalue weighted by molar-refractivity contribution is 0.590. The Hall–Kier alpha value is -2.56. The maximum atomic E-state index is 6.21. The third-order valence-corrected chi connectivity index (χ3v) is 6.25. The molecule has 1 N–H and O–H groups in total. The first-order valence-electron chi connectivity index (χ1n) is 9.90. The summed E-state index contributed by atoms with van der Waals surface area (Å²) in [5, 5.41) is 0.460. The second-order valence-corrected chi connectivity index (χ2v) is 9.63. The van der Waals surface area contributed by atoms with Crippen LogP contribution in [0.3, 0.4) is 0 Å². The van der Waals surface area contributed by atoms with Crippen LogP contribution in [-0.4, -0.2) is 15.0 Å². The Kier molecular flexibility index (Phi) is 5.98. The van der Waals surface area contributed by atoms with Gasteiger partial charge in [0, 0.05) is 10.6 Å². The summed E-state index contributed by atoms with van der Waals surface area (Å²) in [4.78, 5) is 13.6. The molecule has 0 spiro atoms. The van der Waals surface area contributed by atoms with Crippen LogP contribution in [0, 0.1) is 0 Å². The molecule has 2 heterocycles. The average Bonchev–Trinajstić information content (AvgIpc) is 3.23. The monoisotopic (exact) mass is 433 g/mol. The fourth-order valence-corrected chi connectivity index (χ4v) is 4.28. The predicted octanol–water partition coefficient (Wildman–Crippen LogP) is 7.38. The largest absolute Gasteiger partial charge is 0.337 e. The maximum Gasteiger partial charge on any atom is 0.157 e. The second kappa shape index (κ2) is 8.66. The summed E-state index contributed by atoms with van der Waals surface area (Å²) in [6.07, 6.45) is 1.84. The van der Waals surface area contributed by atoms with Crippen molar-refractivity contribution in [3.63, 3.8) is 0 Å². The van der Waals surface area contributed by atoms with Crippen molar-refractivity contribution in [1.82, 2.24) is 15.0 Å². The van der Waals surface area contributed by atoms with Crippen LogP contribution in [0.25, 0.3) is 22.8 Å². The van der Waals surface area contributed by atoms with Gasteiger partial charge in [-0.3, -0.25) is 0 Å². The van der Waals surface area contributed by atoms with Crippen LogP contribution < -0.4 is 0 Å². The van der Waals surface area contributed by atoms with Crippen LogP contribution in [0.4, 0.5) is 0 Å². The lowest BCUT2D eigenvalue weighted by atomic mass is 9.87. The second-order valence-electron chi connectivity index (χ2n) is 8.23. The Morgan fingerprint density at radius 2 is 1.67 bits per heavy atom. The van der Waals surface area contributed by atoms with Crippen molar-refractivity contribution in [3.8, 4) is 22.8 Å². The van der Waals surface area contributed by atoms with Gasteiger partial charge in [0.15, 0.2) is 5.82 Å². The number of H-pyrrole nitrogens is 1. The first-order chi connectivity index (χ1) is 14.4. The predicted molar refractivity (Wildman–Crippen MR) is 127 cm³/mol.